The molecular weight excluding hydrogens is 194 g/mol. The second-order valence-electron chi connectivity index (χ2n) is 3.25. The SMILES string of the molecule is COc1ncccc1C(O)C1=CCCO1. The third-order valence-electron chi connectivity index (χ3n) is 2.29. The van der Waals surface area contributed by atoms with Crippen molar-refractivity contribution < 1.29 is 14.6 Å². The molecule has 1 aromatic heterocycles. The molecule has 0 fully saturated rings. The minimum atomic E-state index is -0.781. The lowest BCUT2D eigenvalue weighted by molar-refractivity contribution is 0.116. The molecule has 1 atom stereocenters. The highest BCUT2D eigenvalue weighted by Gasteiger charge is 2.21. The monoisotopic (exact) mass is 207 g/mol. The van der Waals surface area contributed by atoms with Gasteiger partial charge in [-0.15, -0.1) is 0 Å². The van der Waals surface area contributed by atoms with Crippen molar-refractivity contribution in [2.24, 2.45) is 0 Å². The zero-order valence-corrected chi connectivity index (χ0v) is 8.51. The standard InChI is InChI=1S/C11H13NO3/c1-14-11-8(4-2-6-12-11)10(13)9-5-3-7-15-9/h2,4-6,10,13H,3,7H2,1H3. The van der Waals surface area contributed by atoms with E-state index in [9.17, 15) is 5.11 Å². The molecule has 4 nitrogen and oxygen atoms in total. The number of pyridine rings is 1. The van der Waals surface area contributed by atoms with E-state index >= 15 is 0 Å². The first-order valence-corrected chi connectivity index (χ1v) is 4.82. The Balaban J connectivity index is 2.27. The Bertz CT molecular complexity index is 376. The van der Waals surface area contributed by atoms with Crippen LogP contribution in [0.4, 0.5) is 0 Å². The van der Waals surface area contributed by atoms with E-state index in [1.54, 1.807) is 18.3 Å². The Hall–Kier alpha value is -1.55. The molecule has 1 aliphatic rings. The Kier molecular flexibility index (Phi) is 2.87. The summed E-state index contributed by atoms with van der Waals surface area (Å²) in [4.78, 5) is 4.02. The second kappa shape index (κ2) is 4.31. The number of aliphatic hydroxyl groups excluding tert-OH is 1. The summed E-state index contributed by atoms with van der Waals surface area (Å²) in [5, 5.41) is 10.0. The molecule has 0 saturated heterocycles. The van der Waals surface area contributed by atoms with E-state index in [1.807, 2.05) is 6.08 Å². The van der Waals surface area contributed by atoms with Gasteiger partial charge in [0, 0.05) is 12.6 Å². The maximum absolute atomic E-state index is 10.0. The van der Waals surface area contributed by atoms with Gasteiger partial charge >= 0.3 is 0 Å². The van der Waals surface area contributed by atoms with Gasteiger partial charge < -0.3 is 14.6 Å². The predicted molar refractivity (Wildman–Crippen MR) is 54.4 cm³/mol. The number of aliphatic hydroxyl groups is 1. The number of rotatable bonds is 3. The zero-order valence-electron chi connectivity index (χ0n) is 8.51. The van der Waals surface area contributed by atoms with Crippen molar-refractivity contribution in [3.8, 4) is 5.88 Å². The summed E-state index contributed by atoms with van der Waals surface area (Å²) < 4.78 is 10.4. The maximum Gasteiger partial charge on any atom is 0.219 e. The normalized spacial score (nSPS) is 16.8. The van der Waals surface area contributed by atoms with E-state index in [-0.39, 0.29) is 0 Å². The minimum absolute atomic E-state index is 0.432. The molecule has 0 aromatic carbocycles. The van der Waals surface area contributed by atoms with Crippen molar-refractivity contribution in [1.29, 1.82) is 0 Å². The minimum Gasteiger partial charge on any atom is -0.495 e. The van der Waals surface area contributed by atoms with E-state index in [4.69, 9.17) is 9.47 Å². The molecule has 2 heterocycles. The predicted octanol–water partition coefficient (Wildman–Crippen LogP) is 1.43. The van der Waals surface area contributed by atoms with Crippen LogP contribution in [0.5, 0.6) is 5.88 Å². The van der Waals surface area contributed by atoms with Crippen molar-refractivity contribution in [3.05, 3.63) is 35.7 Å². The van der Waals surface area contributed by atoms with Gasteiger partial charge in [-0.25, -0.2) is 4.98 Å². The average molecular weight is 207 g/mol. The molecule has 0 radical (unpaired) electrons. The lowest BCUT2D eigenvalue weighted by Crippen LogP contribution is -2.05. The number of hydrogen-bond acceptors (Lipinski definition) is 4. The lowest BCUT2D eigenvalue weighted by atomic mass is 10.1. The summed E-state index contributed by atoms with van der Waals surface area (Å²) in [6, 6.07) is 3.54. The number of nitrogens with zero attached hydrogens (tertiary/aromatic N) is 1. The topological polar surface area (TPSA) is 51.6 Å². The number of hydrogen-bond donors (Lipinski definition) is 1. The quantitative estimate of drug-likeness (QED) is 0.814. The molecule has 80 valence electrons. The van der Waals surface area contributed by atoms with Crippen molar-refractivity contribution in [2.45, 2.75) is 12.5 Å². The maximum atomic E-state index is 10.0. The summed E-state index contributed by atoms with van der Waals surface area (Å²) in [6.07, 6.45) is 3.57. The number of methoxy groups -OCH3 is 1. The van der Waals surface area contributed by atoms with Crippen molar-refractivity contribution in [2.75, 3.05) is 13.7 Å². The Morgan fingerprint density at radius 1 is 1.60 bits per heavy atom. The summed E-state index contributed by atoms with van der Waals surface area (Å²) in [5.74, 6) is 1.02. The molecule has 1 aliphatic heterocycles. The fourth-order valence-corrected chi connectivity index (χ4v) is 1.56. The summed E-state index contributed by atoms with van der Waals surface area (Å²) in [5.41, 5.74) is 0.633. The fraction of sp³-hybridized carbons (Fsp3) is 0.364. The first-order chi connectivity index (χ1) is 7.33. The first-order valence-electron chi connectivity index (χ1n) is 4.82. The van der Waals surface area contributed by atoms with Gasteiger partial charge in [0.2, 0.25) is 5.88 Å². The molecule has 1 unspecified atom stereocenters. The van der Waals surface area contributed by atoms with Crippen LogP contribution in [0.1, 0.15) is 18.1 Å². The van der Waals surface area contributed by atoms with Crippen LogP contribution in [0.25, 0.3) is 0 Å². The zero-order chi connectivity index (χ0) is 10.7. The van der Waals surface area contributed by atoms with E-state index in [0.717, 1.165) is 6.42 Å². The molecule has 2 rings (SSSR count). The smallest absolute Gasteiger partial charge is 0.219 e. The summed E-state index contributed by atoms with van der Waals surface area (Å²) in [6.45, 7) is 0.634. The number of ether oxygens (including phenoxy) is 2. The van der Waals surface area contributed by atoms with Crippen LogP contribution in [0.3, 0.4) is 0 Å². The van der Waals surface area contributed by atoms with Crippen LogP contribution in [0.15, 0.2) is 30.2 Å². The van der Waals surface area contributed by atoms with Gasteiger partial charge in [-0.05, 0) is 18.2 Å². The Labute approximate surface area is 88.2 Å². The van der Waals surface area contributed by atoms with Crippen LogP contribution in [0.2, 0.25) is 0 Å². The molecule has 1 N–H and O–H groups in total. The van der Waals surface area contributed by atoms with Gasteiger partial charge in [-0.3, -0.25) is 0 Å². The van der Waals surface area contributed by atoms with Crippen LogP contribution in [-0.4, -0.2) is 23.8 Å². The van der Waals surface area contributed by atoms with Crippen LogP contribution in [0, 0.1) is 0 Å². The molecule has 0 spiro atoms. The van der Waals surface area contributed by atoms with Crippen LogP contribution >= 0.6 is 0 Å². The summed E-state index contributed by atoms with van der Waals surface area (Å²) >= 11 is 0. The van der Waals surface area contributed by atoms with Gasteiger partial charge in [-0.2, -0.15) is 0 Å². The number of aromatic nitrogens is 1. The molecule has 4 heteroatoms. The first kappa shape index (κ1) is 9.98. The van der Waals surface area contributed by atoms with Gasteiger partial charge in [0.15, 0.2) is 0 Å². The van der Waals surface area contributed by atoms with Crippen LogP contribution in [-0.2, 0) is 4.74 Å². The van der Waals surface area contributed by atoms with Crippen LogP contribution < -0.4 is 4.74 Å². The third kappa shape index (κ3) is 1.94. The van der Waals surface area contributed by atoms with Gasteiger partial charge in [-0.1, -0.05) is 0 Å². The van der Waals surface area contributed by atoms with E-state index in [0.29, 0.717) is 23.8 Å². The van der Waals surface area contributed by atoms with E-state index in [1.165, 1.54) is 7.11 Å². The van der Waals surface area contributed by atoms with E-state index in [2.05, 4.69) is 4.98 Å². The molecule has 0 saturated carbocycles. The fourth-order valence-electron chi connectivity index (χ4n) is 1.56. The highest BCUT2D eigenvalue weighted by molar-refractivity contribution is 5.32. The molecule has 1 aromatic rings. The Morgan fingerprint density at radius 3 is 3.13 bits per heavy atom. The van der Waals surface area contributed by atoms with Crippen molar-refractivity contribution in [3.63, 3.8) is 0 Å². The van der Waals surface area contributed by atoms with E-state index < -0.39 is 6.10 Å². The average Bonchev–Trinajstić information content (AvgIpc) is 2.81. The Morgan fingerprint density at radius 2 is 2.47 bits per heavy atom. The second-order valence-corrected chi connectivity index (χ2v) is 3.25. The third-order valence-corrected chi connectivity index (χ3v) is 2.29. The lowest BCUT2D eigenvalue weighted by Gasteiger charge is -2.14. The van der Waals surface area contributed by atoms with Gasteiger partial charge in [0.05, 0.1) is 19.3 Å². The molecule has 0 aliphatic carbocycles. The molecule has 0 bridgehead atoms. The molecule has 0 amide bonds. The van der Waals surface area contributed by atoms with Crippen molar-refractivity contribution >= 4 is 0 Å². The highest BCUT2D eigenvalue weighted by Crippen LogP contribution is 2.30. The molecule has 15 heavy (non-hydrogen) atoms. The van der Waals surface area contributed by atoms with Crippen molar-refractivity contribution in [1.82, 2.24) is 4.98 Å². The largest absolute Gasteiger partial charge is 0.495 e. The highest BCUT2D eigenvalue weighted by atomic mass is 16.5. The van der Waals surface area contributed by atoms with Gasteiger partial charge in [0.25, 0.3) is 0 Å². The summed E-state index contributed by atoms with van der Waals surface area (Å²) in [7, 11) is 1.53. The van der Waals surface area contributed by atoms with Gasteiger partial charge in [0.1, 0.15) is 11.9 Å². The molecular formula is C11H13NO3.